The van der Waals surface area contributed by atoms with Crippen LogP contribution in [0, 0.1) is 5.92 Å². The number of aliphatic hydroxyl groups is 1. The lowest BCUT2D eigenvalue weighted by molar-refractivity contribution is 0.170. The molecule has 1 aliphatic heterocycles. The Morgan fingerprint density at radius 1 is 1.48 bits per heavy atom. The van der Waals surface area contributed by atoms with E-state index in [2.05, 4.69) is 10.3 Å². The van der Waals surface area contributed by atoms with Gasteiger partial charge in [-0.25, -0.2) is 13.4 Å². The molecule has 0 atom stereocenters. The van der Waals surface area contributed by atoms with Gasteiger partial charge in [0.05, 0.1) is 5.02 Å². The molecular weight excluding hydrogens is 314 g/mol. The van der Waals surface area contributed by atoms with Gasteiger partial charge in [-0.3, -0.25) is 0 Å². The molecule has 1 fully saturated rings. The summed E-state index contributed by atoms with van der Waals surface area (Å²) in [6.45, 7) is 3.51. The van der Waals surface area contributed by atoms with E-state index in [4.69, 9.17) is 16.7 Å². The topological polar surface area (TPSA) is 82.5 Å². The van der Waals surface area contributed by atoms with Gasteiger partial charge in [0.25, 0.3) is 0 Å². The average Bonchev–Trinajstić information content (AvgIpc) is 2.49. The second-order valence-electron chi connectivity index (χ2n) is 5.06. The number of aliphatic hydroxyl groups excluding tert-OH is 1. The average molecular weight is 334 g/mol. The van der Waals surface area contributed by atoms with E-state index in [-0.39, 0.29) is 17.4 Å². The second kappa shape index (κ2) is 6.91. The highest BCUT2D eigenvalue weighted by Gasteiger charge is 2.29. The number of piperidine rings is 1. The Labute approximate surface area is 130 Å². The molecular formula is C13H20ClN3O3S. The van der Waals surface area contributed by atoms with Gasteiger partial charge in [0, 0.05) is 32.4 Å². The third kappa shape index (κ3) is 3.66. The zero-order valence-corrected chi connectivity index (χ0v) is 13.5. The van der Waals surface area contributed by atoms with Crippen LogP contribution in [0.25, 0.3) is 0 Å². The van der Waals surface area contributed by atoms with Crippen LogP contribution in [-0.2, 0) is 10.0 Å². The molecule has 1 aromatic rings. The summed E-state index contributed by atoms with van der Waals surface area (Å²) in [6.07, 6.45) is 2.68. The highest BCUT2D eigenvalue weighted by molar-refractivity contribution is 7.89. The molecule has 2 rings (SSSR count). The number of anilines is 1. The molecule has 1 saturated heterocycles. The number of pyridine rings is 1. The van der Waals surface area contributed by atoms with Gasteiger partial charge in [0.2, 0.25) is 10.0 Å². The normalized spacial score (nSPS) is 17.9. The maximum Gasteiger partial charge on any atom is 0.244 e. The SMILES string of the molecule is CCNc1ncc(S(=O)(=O)N2CCC(CO)CC2)cc1Cl. The van der Waals surface area contributed by atoms with Crippen LogP contribution in [0.5, 0.6) is 0 Å². The van der Waals surface area contributed by atoms with Gasteiger partial charge in [-0.2, -0.15) is 4.31 Å². The molecule has 0 radical (unpaired) electrons. The standard InChI is InChI=1S/C13H20ClN3O3S/c1-2-15-13-12(14)7-11(8-16-13)21(19,20)17-5-3-10(9-18)4-6-17/h7-8,10,18H,2-6,9H2,1H3,(H,15,16). The predicted octanol–water partition coefficient (Wildman–Crippen LogP) is 1.56. The van der Waals surface area contributed by atoms with Crippen LogP contribution in [0.4, 0.5) is 5.82 Å². The highest BCUT2D eigenvalue weighted by atomic mass is 35.5. The van der Waals surface area contributed by atoms with E-state index in [9.17, 15) is 8.42 Å². The van der Waals surface area contributed by atoms with E-state index in [0.29, 0.717) is 43.3 Å². The molecule has 8 heteroatoms. The summed E-state index contributed by atoms with van der Waals surface area (Å²) >= 11 is 6.06. The first-order valence-electron chi connectivity index (χ1n) is 6.99. The minimum Gasteiger partial charge on any atom is -0.396 e. The Morgan fingerprint density at radius 3 is 2.67 bits per heavy atom. The Hall–Kier alpha value is -0.890. The number of aromatic nitrogens is 1. The summed E-state index contributed by atoms with van der Waals surface area (Å²) < 4.78 is 26.5. The molecule has 0 spiro atoms. The van der Waals surface area contributed by atoms with Crippen molar-refractivity contribution >= 4 is 27.4 Å². The number of rotatable bonds is 5. The first-order chi connectivity index (χ1) is 9.98. The second-order valence-corrected chi connectivity index (χ2v) is 7.41. The third-order valence-corrected chi connectivity index (χ3v) is 5.78. The van der Waals surface area contributed by atoms with Crippen LogP contribution >= 0.6 is 11.6 Å². The molecule has 118 valence electrons. The number of nitrogens with zero attached hydrogens (tertiary/aromatic N) is 2. The zero-order valence-electron chi connectivity index (χ0n) is 11.9. The van der Waals surface area contributed by atoms with Crippen LogP contribution < -0.4 is 5.32 Å². The van der Waals surface area contributed by atoms with E-state index in [1.165, 1.54) is 16.6 Å². The van der Waals surface area contributed by atoms with Crippen LogP contribution in [-0.4, -0.2) is 49.1 Å². The monoisotopic (exact) mass is 333 g/mol. The smallest absolute Gasteiger partial charge is 0.244 e. The van der Waals surface area contributed by atoms with Crippen molar-refractivity contribution in [1.82, 2.24) is 9.29 Å². The lowest BCUT2D eigenvalue weighted by Gasteiger charge is -2.30. The van der Waals surface area contributed by atoms with Crippen molar-refractivity contribution in [2.24, 2.45) is 5.92 Å². The first-order valence-corrected chi connectivity index (χ1v) is 8.81. The van der Waals surface area contributed by atoms with Crippen molar-refractivity contribution in [1.29, 1.82) is 0 Å². The van der Waals surface area contributed by atoms with E-state index < -0.39 is 10.0 Å². The lowest BCUT2D eigenvalue weighted by Crippen LogP contribution is -2.39. The summed E-state index contributed by atoms with van der Waals surface area (Å²) in [7, 11) is -3.57. The van der Waals surface area contributed by atoms with Gasteiger partial charge in [-0.15, -0.1) is 0 Å². The molecule has 0 aromatic carbocycles. The minimum atomic E-state index is -3.57. The molecule has 6 nitrogen and oxygen atoms in total. The summed E-state index contributed by atoms with van der Waals surface area (Å²) in [4.78, 5) is 4.18. The highest BCUT2D eigenvalue weighted by Crippen LogP contribution is 2.27. The quantitative estimate of drug-likeness (QED) is 0.854. The molecule has 0 aliphatic carbocycles. The number of hydrogen-bond donors (Lipinski definition) is 2. The van der Waals surface area contributed by atoms with Crippen molar-refractivity contribution in [3.63, 3.8) is 0 Å². The van der Waals surface area contributed by atoms with Crippen molar-refractivity contribution < 1.29 is 13.5 Å². The Morgan fingerprint density at radius 2 is 2.14 bits per heavy atom. The Balaban J connectivity index is 2.18. The number of nitrogens with one attached hydrogen (secondary N) is 1. The third-order valence-electron chi connectivity index (χ3n) is 3.63. The summed E-state index contributed by atoms with van der Waals surface area (Å²) in [5.41, 5.74) is 0. The van der Waals surface area contributed by atoms with Crippen molar-refractivity contribution in [3.05, 3.63) is 17.3 Å². The molecule has 0 amide bonds. The fourth-order valence-corrected chi connectivity index (χ4v) is 4.08. The van der Waals surface area contributed by atoms with E-state index in [1.54, 1.807) is 0 Å². The fourth-order valence-electron chi connectivity index (χ4n) is 2.34. The van der Waals surface area contributed by atoms with Crippen molar-refractivity contribution in [2.45, 2.75) is 24.7 Å². The van der Waals surface area contributed by atoms with Crippen molar-refractivity contribution in [3.8, 4) is 0 Å². The summed E-state index contributed by atoms with van der Waals surface area (Å²) in [5.74, 6) is 0.673. The minimum absolute atomic E-state index is 0.108. The Bertz CT molecular complexity index is 586. The molecule has 2 N–H and O–H groups in total. The Kier molecular flexibility index (Phi) is 5.43. The van der Waals surface area contributed by atoms with Gasteiger partial charge in [0.1, 0.15) is 10.7 Å². The summed E-state index contributed by atoms with van der Waals surface area (Å²) in [6, 6.07) is 1.43. The van der Waals surface area contributed by atoms with Crippen LogP contribution in [0.1, 0.15) is 19.8 Å². The largest absolute Gasteiger partial charge is 0.396 e. The van der Waals surface area contributed by atoms with Crippen molar-refractivity contribution in [2.75, 3.05) is 31.6 Å². The fraction of sp³-hybridized carbons (Fsp3) is 0.615. The van der Waals surface area contributed by atoms with Gasteiger partial charge < -0.3 is 10.4 Å². The van der Waals surface area contributed by atoms with Gasteiger partial charge in [0.15, 0.2) is 0 Å². The maximum absolute atomic E-state index is 12.5. The molecule has 0 saturated carbocycles. The molecule has 1 aromatic heterocycles. The van der Waals surface area contributed by atoms with E-state index in [1.807, 2.05) is 6.92 Å². The number of hydrogen-bond acceptors (Lipinski definition) is 5. The van der Waals surface area contributed by atoms with Gasteiger partial charge >= 0.3 is 0 Å². The zero-order chi connectivity index (χ0) is 15.5. The van der Waals surface area contributed by atoms with E-state index in [0.717, 1.165) is 0 Å². The van der Waals surface area contributed by atoms with Crippen LogP contribution in [0.3, 0.4) is 0 Å². The molecule has 1 aliphatic rings. The molecule has 0 unspecified atom stereocenters. The number of halogens is 1. The maximum atomic E-state index is 12.5. The van der Waals surface area contributed by atoms with E-state index >= 15 is 0 Å². The summed E-state index contributed by atoms with van der Waals surface area (Å²) in [5, 5.41) is 12.4. The number of sulfonamides is 1. The van der Waals surface area contributed by atoms with Gasteiger partial charge in [-0.05, 0) is 31.7 Å². The van der Waals surface area contributed by atoms with Crippen LogP contribution in [0.2, 0.25) is 5.02 Å². The molecule has 21 heavy (non-hydrogen) atoms. The van der Waals surface area contributed by atoms with Gasteiger partial charge in [-0.1, -0.05) is 11.6 Å². The van der Waals surface area contributed by atoms with Crippen LogP contribution in [0.15, 0.2) is 17.2 Å². The first kappa shape index (κ1) is 16.5. The molecule has 0 bridgehead atoms. The molecule has 2 heterocycles. The lowest BCUT2D eigenvalue weighted by atomic mass is 10.00. The predicted molar refractivity (Wildman–Crippen MR) is 82.0 cm³/mol.